The monoisotopic (exact) mass is 389 g/mol. The van der Waals surface area contributed by atoms with E-state index in [1.165, 1.54) is 0 Å². The third-order valence-electron chi connectivity index (χ3n) is 6.52. The van der Waals surface area contributed by atoms with Crippen LogP contribution in [-0.2, 0) is 9.53 Å². The number of anilines is 1. The molecule has 27 heavy (non-hydrogen) atoms. The van der Waals surface area contributed by atoms with Crippen molar-refractivity contribution in [3.8, 4) is 0 Å². The van der Waals surface area contributed by atoms with E-state index < -0.39 is 0 Å². The highest BCUT2D eigenvalue weighted by atomic mass is 32.2. The molecule has 3 fully saturated rings. The number of fused-ring (bicyclic) bond motifs is 1. The predicted octanol–water partition coefficient (Wildman–Crippen LogP) is 3.06. The molecule has 0 radical (unpaired) electrons. The minimum absolute atomic E-state index is 0.0329. The van der Waals surface area contributed by atoms with Gasteiger partial charge in [-0.05, 0) is 37.1 Å². The molecule has 0 unspecified atom stereocenters. The smallest absolute Gasteiger partial charge is 0.220 e. The SMILES string of the molecule is CSCCC(=O)NC[C@H]1[C@H]2CN(c3cccc(C(C)C)n3)C[C@]23CC[C@H]1O3. The van der Waals surface area contributed by atoms with Crippen molar-refractivity contribution in [3.05, 3.63) is 23.9 Å². The molecule has 0 saturated carbocycles. The number of ether oxygens (including phenoxy) is 1. The molecule has 3 saturated heterocycles. The first-order chi connectivity index (χ1) is 13.0. The number of nitrogens with zero attached hydrogens (tertiary/aromatic N) is 2. The fraction of sp³-hybridized carbons (Fsp3) is 0.714. The van der Waals surface area contributed by atoms with Gasteiger partial charge >= 0.3 is 0 Å². The van der Waals surface area contributed by atoms with Gasteiger partial charge in [0.25, 0.3) is 0 Å². The molecular weight excluding hydrogens is 358 g/mol. The number of pyridine rings is 1. The summed E-state index contributed by atoms with van der Waals surface area (Å²) in [7, 11) is 0. The quantitative estimate of drug-likeness (QED) is 0.777. The van der Waals surface area contributed by atoms with Gasteiger partial charge in [0.05, 0.1) is 11.7 Å². The Balaban J connectivity index is 1.44. The second-order valence-corrected chi connectivity index (χ2v) is 9.52. The molecule has 1 amide bonds. The number of hydrogen-bond donors (Lipinski definition) is 1. The van der Waals surface area contributed by atoms with E-state index in [4.69, 9.17) is 9.72 Å². The van der Waals surface area contributed by atoms with Crippen molar-refractivity contribution in [1.29, 1.82) is 0 Å². The van der Waals surface area contributed by atoms with Crippen LogP contribution in [0.1, 0.15) is 44.7 Å². The Bertz CT molecular complexity index is 698. The molecule has 4 heterocycles. The van der Waals surface area contributed by atoms with Gasteiger partial charge in [-0.15, -0.1) is 0 Å². The summed E-state index contributed by atoms with van der Waals surface area (Å²) in [6.45, 7) is 7.03. The summed E-state index contributed by atoms with van der Waals surface area (Å²) in [5.74, 6) is 3.47. The zero-order chi connectivity index (χ0) is 19.0. The highest BCUT2D eigenvalue weighted by molar-refractivity contribution is 7.98. The molecule has 1 N–H and O–H groups in total. The molecule has 5 nitrogen and oxygen atoms in total. The second kappa shape index (κ2) is 7.63. The molecule has 0 aromatic carbocycles. The van der Waals surface area contributed by atoms with Gasteiger partial charge in [0.15, 0.2) is 0 Å². The third-order valence-corrected chi connectivity index (χ3v) is 7.14. The Morgan fingerprint density at radius 3 is 3.11 bits per heavy atom. The van der Waals surface area contributed by atoms with E-state index in [0.29, 0.717) is 30.3 Å². The molecular formula is C21H31N3O2S. The zero-order valence-corrected chi connectivity index (χ0v) is 17.4. The number of nitrogens with one attached hydrogen (secondary N) is 1. The lowest BCUT2D eigenvalue weighted by atomic mass is 9.73. The molecule has 2 bridgehead atoms. The maximum absolute atomic E-state index is 12.1. The Kier molecular flexibility index (Phi) is 5.39. The summed E-state index contributed by atoms with van der Waals surface area (Å²) in [5, 5.41) is 3.17. The fourth-order valence-electron chi connectivity index (χ4n) is 5.09. The molecule has 1 aromatic rings. The summed E-state index contributed by atoms with van der Waals surface area (Å²) < 4.78 is 6.51. The Morgan fingerprint density at radius 1 is 1.48 bits per heavy atom. The van der Waals surface area contributed by atoms with Crippen LogP contribution in [0, 0.1) is 11.8 Å². The normalized spacial score (nSPS) is 31.6. The van der Waals surface area contributed by atoms with Crippen molar-refractivity contribution in [3.63, 3.8) is 0 Å². The van der Waals surface area contributed by atoms with Gasteiger partial charge in [-0.25, -0.2) is 4.98 Å². The first-order valence-electron chi connectivity index (χ1n) is 10.2. The summed E-state index contributed by atoms with van der Waals surface area (Å²) >= 11 is 1.72. The largest absolute Gasteiger partial charge is 0.369 e. The predicted molar refractivity (Wildman–Crippen MR) is 110 cm³/mol. The first kappa shape index (κ1) is 19.1. The summed E-state index contributed by atoms with van der Waals surface area (Å²) in [4.78, 5) is 19.4. The maximum atomic E-state index is 12.1. The van der Waals surface area contributed by atoms with Gasteiger partial charge < -0.3 is 15.0 Å². The van der Waals surface area contributed by atoms with Crippen LogP contribution in [0.2, 0.25) is 0 Å². The lowest BCUT2D eigenvalue weighted by Gasteiger charge is -2.29. The summed E-state index contributed by atoms with van der Waals surface area (Å²) in [6.07, 6.45) is 5.21. The molecule has 3 aliphatic heterocycles. The highest BCUT2D eigenvalue weighted by Crippen LogP contribution is 2.55. The topological polar surface area (TPSA) is 54.5 Å². The Morgan fingerprint density at radius 2 is 2.33 bits per heavy atom. The van der Waals surface area contributed by atoms with E-state index in [1.54, 1.807) is 11.8 Å². The number of hydrogen-bond acceptors (Lipinski definition) is 5. The summed E-state index contributed by atoms with van der Waals surface area (Å²) in [6, 6.07) is 6.35. The van der Waals surface area contributed by atoms with E-state index in [-0.39, 0.29) is 11.5 Å². The lowest BCUT2D eigenvalue weighted by Crippen LogP contribution is -2.41. The first-order valence-corrected chi connectivity index (χ1v) is 11.6. The van der Waals surface area contributed by atoms with Gasteiger partial charge in [0.2, 0.25) is 5.91 Å². The van der Waals surface area contributed by atoms with E-state index in [2.05, 4.69) is 42.3 Å². The van der Waals surface area contributed by atoms with Gasteiger partial charge in [0.1, 0.15) is 5.82 Å². The minimum Gasteiger partial charge on any atom is -0.369 e. The molecule has 0 aliphatic carbocycles. The highest BCUT2D eigenvalue weighted by Gasteiger charge is 2.63. The molecule has 148 valence electrons. The van der Waals surface area contributed by atoms with Crippen molar-refractivity contribution >= 4 is 23.5 Å². The average Bonchev–Trinajstić information content (AvgIpc) is 3.33. The molecule has 1 spiro atoms. The van der Waals surface area contributed by atoms with Crippen LogP contribution in [0.15, 0.2) is 18.2 Å². The van der Waals surface area contributed by atoms with E-state index in [0.717, 1.165) is 49.7 Å². The maximum Gasteiger partial charge on any atom is 0.220 e. The van der Waals surface area contributed by atoms with Crippen molar-refractivity contribution < 1.29 is 9.53 Å². The van der Waals surface area contributed by atoms with Crippen molar-refractivity contribution in [1.82, 2.24) is 10.3 Å². The van der Waals surface area contributed by atoms with Crippen LogP contribution in [0.25, 0.3) is 0 Å². The van der Waals surface area contributed by atoms with Gasteiger partial charge in [-0.2, -0.15) is 11.8 Å². The second-order valence-electron chi connectivity index (χ2n) is 8.53. The van der Waals surface area contributed by atoms with Crippen LogP contribution in [0.3, 0.4) is 0 Å². The lowest BCUT2D eigenvalue weighted by molar-refractivity contribution is -0.121. The van der Waals surface area contributed by atoms with Crippen molar-refractivity contribution in [2.45, 2.75) is 50.7 Å². The standard InChI is InChI=1S/C21H31N3O2S/c1-14(2)17-5-4-6-19(23-17)24-12-16-15(11-22-20(25)8-10-27-3)18-7-9-21(16,13-24)26-18/h4-6,14-16,18H,7-13H2,1-3H3,(H,22,25)/t15-,16+,18+,21+/m0/s1. The fourth-order valence-corrected chi connectivity index (χ4v) is 5.48. The number of carbonyl (C=O) groups is 1. The average molecular weight is 390 g/mol. The Labute approximate surface area is 166 Å². The third kappa shape index (κ3) is 3.58. The molecule has 4 rings (SSSR count). The van der Waals surface area contributed by atoms with Crippen LogP contribution in [0.5, 0.6) is 0 Å². The number of thioether (sulfide) groups is 1. The Hall–Kier alpha value is -1.27. The van der Waals surface area contributed by atoms with Crippen LogP contribution in [0.4, 0.5) is 5.82 Å². The molecule has 4 atom stereocenters. The van der Waals surface area contributed by atoms with Crippen molar-refractivity contribution in [2.24, 2.45) is 11.8 Å². The number of amides is 1. The summed E-state index contributed by atoms with van der Waals surface area (Å²) in [5.41, 5.74) is 1.11. The van der Waals surface area contributed by atoms with Crippen molar-refractivity contribution in [2.75, 3.05) is 36.5 Å². The van der Waals surface area contributed by atoms with Gasteiger partial charge in [-0.3, -0.25) is 4.79 Å². The zero-order valence-electron chi connectivity index (χ0n) is 16.6. The molecule has 3 aliphatic rings. The number of aromatic nitrogens is 1. The van der Waals surface area contributed by atoms with E-state index >= 15 is 0 Å². The van der Waals surface area contributed by atoms with E-state index in [1.807, 2.05) is 6.26 Å². The van der Waals surface area contributed by atoms with Crippen LogP contribution >= 0.6 is 11.8 Å². The molecule has 1 aromatic heterocycles. The van der Waals surface area contributed by atoms with Gasteiger partial charge in [-0.1, -0.05) is 19.9 Å². The minimum atomic E-state index is -0.0329. The number of rotatable bonds is 7. The molecule has 6 heteroatoms. The van der Waals surface area contributed by atoms with Crippen LogP contribution in [-0.4, -0.2) is 54.2 Å². The number of carbonyl (C=O) groups excluding carboxylic acids is 1. The van der Waals surface area contributed by atoms with Gasteiger partial charge in [0, 0.05) is 49.3 Å². The van der Waals surface area contributed by atoms with E-state index in [9.17, 15) is 4.79 Å². The van der Waals surface area contributed by atoms with Crippen LogP contribution < -0.4 is 10.2 Å².